The first kappa shape index (κ1) is 11.5. The van der Waals surface area contributed by atoms with Gasteiger partial charge >= 0.3 is 0 Å². The van der Waals surface area contributed by atoms with Gasteiger partial charge in [0.05, 0.1) is 11.6 Å². The first-order valence-corrected chi connectivity index (χ1v) is 6.09. The van der Waals surface area contributed by atoms with Gasteiger partial charge in [0.15, 0.2) is 11.5 Å². The van der Waals surface area contributed by atoms with Gasteiger partial charge in [0.1, 0.15) is 18.5 Å². The van der Waals surface area contributed by atoms with Crippen molar-refractivity contribution >= 4 is 16.9 Å². The molecule has 96 valence electrons. The van der Waals surface area contributed by atoms with E-state index in [1.807, 2.05) is 0 Å². The third-order valence-electron chi connectivity index (χ3n) is 2.69. The van der Waals surface area contributed by atoms with E-state index in [0.717, 1.165) is 29.8 Å². The number of nitrogens with zero attached hydrogens (tertiary/aromatic N) is 6. The molecule has 3 rings (SSSR count). The molecule has 0 aliphatic heterocycles. The maximum absolute atomic E-state index is 4.32. The van der Waals surface area contributed by atoms with Crippen molar-refractivity contribution in [3.05, 3.63) is 31.1 Å². The maximum Gasteiger partial charge on any atom is 0.170 e. The number of fused-ring (bicyclic) bond motifs is 1. The quantitative estimate of drug-likeness (QED) is 0.759. The Bertz CT molecular complexity index is 677. The normalized spacial score (nSPS) is 10.8. The van der Waals surface area contributed by atoms with E-state index in [1.165, 1.54) is 12.7 Å². The molecule has 0 saturated carbocycles. The van der Waals surface area contributed by atoms with Crippen molar-refractivity contribution in [1.82, 2.24) is 29.7 Å². The third kappa shape index (κ3) is 2.10. The van der Waals surface area contributed by atoms with E-state index in [1.54, 1.807) is 23.1 Å². The van der Waals surface area contributed by atoms with Crippen molar-refractivity contribution in [3.8, 4) is 5.82 Å². The number of anilines is 1. The van der Waals surface area contributed by atoms with Gasteiger partial charge in [-0.1, -0.05) is 6.92 Å². The monoisotopic (exact) mass is 255 g/mol. The van der Waals surface area contributed by atoms with Crippen LogP contribution in [0.15, 0.2) is 31.1 Å². The Hall–Kier alpha value is -2.57. The minimum atomic E-state index is 0.685. The van der Waals surface area contributed by atoms with E-state index in [2.05, 4.69) is 37.3 Å². The average Bonchev–Trinajstić information content (AvgIpc) is 2.90. The van der Waals surface area contributed by atoms with Gasteiger partial charge in [0, 0.05) is 18.8 Å². The van der Waals surface area contributed by atoms with Gasteiger partial charge in [-0.05, 0) is 6.42 Å². The number of rotatable bonds is 4. The highest BCUT2D eigenvalue weighted by molar-refractivity contribution is 5.86. The molecule has 0 aromatic carbocycles. The number of hydrogen-bond acceptors (Lipinski definition) is 6. The van der Waals surface area contributed by atoms with Crippen molar-refractivity contribution in [3.63, 3.8) is 0 Å². The molecule has 0 aliphatic rings. The fourth-order valence-corrected chi connectivity index (χ4v) is 1.81. The van der Waals surface area contributed by atoms with Crippen LogP contribution in [0, 0.1) is 0 Å². The third-order valence-corrected chi connectivity index (χ3v) is 2.69. The summed E-state index contributed by atoms with van der Waals surface area (Å²) in [5, 5.41) is 8.47. The molecule has 0 aliphatic carbocycles. The van der Waals surface area contributed by atoms with Crippen molar-refractivity contribution in [1.29, 1.82) is 0 Å². The van der Waals surface area contributed by atoms with Gasteiger partial charge in [-0.15, -0.1) is 0 Å². The topological polar surface area (TPSA) is 81.4 Å². The molecular formula is C12H13N7. The largest absolute Gasteiger partial charge is 0.369 e. The van der Waals surface area contributed by atoms with Gasteiger partial charge in [-0.25, -0.2) is 19.9 Å². The van der Waals surface area contributed by atoms with E-state index in [0.29, 0.717) is 5.82 Å². The van der Waals surface area contributed by atoms with Crippen LogP contribution in [-0.2, 0) is 0 Å². The highest BCUT2D eigenvalue weighted by Crippen LogP contribution is 2.20. The summed E-state index contributed by atoms with van der Waals surface area (Å²) >= 11 is 0. The standard InChI is InChI=1S/C12H13N7/c1-2-4-14-11-9-6-18-19(12(9)17-8-16-11)10-3-5-13-7-15-10/h3,5-8H,2,4H2,1H3,(H,14,16,17). The minimum absolute atomic E-state index is 0.685. The predicted molar refractivity (Wildman–Crippen MR) is 71.0 cm³/mol. The SMILES string of the molecule is CCCNc1ncnc2c1cnn2-c1ccncn1. The Morgan fingerprint density at radius 3 is 2.95 bits per heavy atom. The summed E-state index contributed by atoms with van der Waals surface area (Å²) in [5.41, 5.74) is 0.729. The first-order valence-electron chi connectivity index (χ1n) is 6.09. The molecule has 7 nitrogen and oxygen atoms in total. The van der Waals surface area contributed by atoms with E-state index in [-0.39, 0.29) is 0 Å². The summed E-state index contributed by atoms with van der Waals surface area (Å²) in [6.45, 7) is 2.97. The molecular weight excluding hydrogens is 242 g/mol. The van der Waals surface area contributed by atoms with Crippen LogP contribution in [0.3, 0.4) is 0 Å². The molecule has 0 fully saturated rings. The molecule has 19 heavy (non-hydrogen) atoms. The summed E-state index contributed by atoms with van der Waals surface area (Å²) in [5.74, 6) is 1.48. The van der Waals surface area contributed by atoms with Gasteiger partial charge in [0.2, 0.25) is 0 Å². The molecule has 0 unspecified atom stereocenters. The smallest absolute Gasteiger partial charge is 0.170 e. The Morgan fingerprint density at radius 2 is 2.16 bits per heavy atom. The molecule has 0 amide bonds. The van der Waals surface area contributed by atoms with Crippen LogP contribution in [0.4, 0.5) is 5.82 Å². The average molecular weight is 255 g/mol. The summed E-state index contributed by atoms with van der Waals surface area (Å²) in [7, 11) is 0. The highest BCUT2D eigenvalue weighted by Gasteiger charge is 2.10. The zero-order valence-electron chi connectivity index (χ0n) is 10.5. The van der Waals surface area contributed by atoms with Crippen LogP contribution in [0.5, 0.6) is 0 Å². The Kier molecular flexibility index (Phi) is 3.01. The number of nitrogens with one attached hydrogen (secondary N) is 1. The Morgan fingerprint density at radius 1 is 1.21 bits per heavy atom. The zero-order valence-corrected chi connectivity index (χ0v) is 10.5. The molecule has 0 bridgehead atoms. The predicted octanol–water partition coefficient (Wildman–Crippen LogP) is 1.43. The number of hydrogen-bond donors (Lipinski definition) is 1. The lowest BCUT2D eigenvalue weighted by Gasteiger charge is -2.04. The summed E-state index contributed by atoms with van der Waals surface area (Å²) in [6, 6.07) is 1.79. The second kappa shape index (κ2) is 4.97. The lowest BCUT2D eigenvalue weighted by Crippen LogP contribution is -2.04. The van der Waals surface area contributed by atoms with Crippen LogP contribution < -0.4 is 5.32 Å². The van der Waals surface area contributed by atoms with E-state index < -0.39 is 0 Å². The van der Waals surface area contributed by atoms with Gasteiger partial charge in [-0.3, -0.25) is 0 Å². The molecule has 7 heteroatoms. The maximum atomic E-state index is 4.32. The second-order valence-electron chi connectivity index (χ2n) is 4.01. The molecule has 3 aromatic rings. The van der Waals surface area contributed by atoms with Gasteiger partial charge in [-0.2, -0.15) is 9.78 Å². The fraction of sp³-hybridized carbons (Fsp3) is 0.250. The summed E-state index contributed by atoms with van der Waals surface area (Å²) < 4.78 is 1.68. The minimum Gasteiger partial charge on any atom is -0.369 e. The molecule has 0 spiro atoms. The van der Waals surface area contributed by atoms with Crippen LogP contribution in [0.1, 0.15) is 13.3 Å². The molecule has 0 saturated heterocycles. The molecule has 1 N–H and O–H groups in total. The van der Waals surface area contributed by atoms with Crippen LogP contribution >= 0.6 is 0 Å². The lowest BCUT2D eigenvalue weighted by atomic mass is 10.3. The molecule has 3 heterocycles. The summed E-state index contributed by atoms with van der Waals surface area (Å²) in [4.78, 5) is 16.6. The van der Waals surface area contributed by atoms with Gasteiger partial charge < -0.3 is 5.32 Å². The molecule has 0 atom stereocenters. The van der Waals surface area contributed by atoms with Crippen molar-refractivity contribution < 1.29 is 0 Å². The zero-order chi connectivity index (χ0) is 13.1. The second-order valence-corrected chi connectivity index (χ2v) is 4.01. The van der Waals surface area contributed by atoms with Crippen LogP contribution in [0.2, 0.25) is 0 Å². The van der Waals surface area contributed by atoms with Gasteiger partial charge in [0.25, 0.3) is 0 Å². The lowest BCUT2D eigenvalue weighted by molar-refractivity contribution is 0.853. The van der Waals surface area contributed by atoms with Crippen molar-refractivity contribution in [2.45, 2.75) is 13.3 Å². The summed E-state index contributed by atoms with van der Waals surface area (Å²) in [6.07, 6.45) is 7.47. The van der Waals surface area contributed by atoms with E-state index >= 15 is 0 Å². The molecule has 0 radical (unpaired) electrons. The highest BCUT2D eigenvalue weighted by atomic mass is 15.3. The van der Waals surface area contributed by atoms with Crippen molar-refractivity contribution in [2.24, 2.45) is 0 Å². The Labute approximate surface area is 109 Å². The molecule has 3 aromatic heterocycles. The van der Waals surface area contributed by atoms with Crippen LogP contribution in [0.25, 0.3) is 16.9 Å². The fourth-order valence-electron chi connectivity index (χ4n) is 1.81. The van der Waals surface area contributed by atoms with Crippen molar-refractivity contribution in [2.75, 3.05) is 11.9 Å². The van der Waals surface area contributed by atoms with E-state index in [9.17, 15) is 0 Å². The van der Waals surface area contributed by atoms with E-state index in [4.69, 9.17) is 0 Å². The Balaban J connectivity index is 2.09. The first-order chi connectivity index (χ1) is 9.40. The number of aromatic nitrogens is 6. The van der Waals surface area contributed by atoms with Crippen LogP contribution in [-0.4, -0.2) is 36.3 Å².